The number of carbonyl (C=O) groups is 1. The van der Waals surface area contributed by atoms with Gasteiger partial charge < -0.3 is 10.4 Å². The number of aliphatic hydroxyl groups is 1. The predicted molar refractivity (Wildman–Crippen MR) is 65.7 cm³/mol. The Balaban J connectivity index is 2.28. The van der Waals surface area contributed by atoms with Crippen LogP contribution in [0.3, 0.4) is 0 Å². The van der Waals surface area contributed by atoms with Crippen molar-refractivity contribution in [1.82, 2.24) is 10.3 Å². The number of rotatable bonds is 4. The van der Waals surface area contributed by atoms with Crippen molar-refractivity contribution in [3.63, 3.8) is 0 Å². The van der Waals surface area contributed by atoms with Crippen LogP contribution in [0.5, 0.6) is 0 Å². The maximum absolute atomic E-state index is 13.4. The lowest BCUT2D eigenvalue weighted by Gasteiger charge is -2.05. The van der Waals surface area contributed by atoms with Gasteiger partial charge in [-0.05, 0) is 18.6 Å². The van der Waals surface area contributed by atoms with Crippen LogP contribution in [0.4, 0.5) is 8.78 Å². The van der Waals surface area contributed by atoms with Gasteiger partial charge in [-0.2, -0.15) is 0 Å². The minimum Gasteiger partial charge on any atom is -0.396 e. The van der Waals surface area contributed by atoms with E-state index in [1.807, 2.05) is 0 Å². The third-order valence-corrected chi connectivity index (χ3v) is 2.58. The maximum atomic E-state index is 13.4. The number of benzene rings is 1. The second kappa shape index (κ2) is 5.71. The lowest BCUT2D eigenvalue weighted by atomic mass is 10.1. The highest BCUT2D eigenvalue weighted by molar-refractivity contribution is 5.97. The van der Waals surface area contributed by atoms with Crippen LogP contribution in [0.1, 0.15) is 16.8 Å². The van der Waals surface area contributed by atoms with Gasteiger partial charge in [-0.1, -0.05) is 0 Å². The average molecular weight is 266 g/mol. The van der Waals surface area contributed by atoms with E-state index in [2.05, 4.69) is 10.3 Å². The Bertz CT molecular complexity index is 617. The Morgan fingerprint density at radius 1 is 1.32 bits per heavy atom. The molecule has 1 amide bonds. The third kappa shape index (κ3) is 3.03. The molecule has 2 rings (SSSR count). The van der Waals surface area contributed by atoms with Crippen molar-refractivity contribution >= 4 is 16.8 Å². The standard InChI is InChI=1S/C13H12F2N2O2/c14-10-5-8-4-9(13(19)16-2-1-3-18)7-17-12(8)11(15)6-10/h4-7,18H,1-3H2,(H,16,19). The number of fused-ring (bicyclic) bond motifs is 1. The first kappa shape index (κ1) is 13.4. The van der Waals surface area contributed by atoms with Crippen LogP contribution in [0, 0.1) is 11.6 Å². The zero-order valence-corrected chi connectivity index (χ0v) is 9.99. The van der Waals surface area contributed by atoms with Gasteiger partial charge in [0, 0.05) is 30.8 Å². The fourth-order valence-electron chi connectivity index (χ4n) is 1.68. The largest absolute Gasteiger partial charge is 0.396 e. The number of hydrogen-bond donors (Lipinski definition) is 2. The number of carbonyl (C=O) groups excluding carboxylic acids is 1. The first-order chi connectivity index (χ1) is 9.11. The molecule has 2 aromatic rings. The summed E-state index contributed by atoms with van der Waals surface area (Å²) in [4.78, 5) is 15.5. The normalized spacial score (nSPS) is 10.7. The summed E-state index contributed by atoms with van der Waals surface area (Å²) >= 11 is 0. The first-order valence-corrected chi connectivity index (χ1v) is 5.75. The summed E-state index contributed by atoms with van der Waals surface area (Å²) in [6, 6.07) is 3.25. The minimum atomic E-state index is -0.762. The maximum Gasteiger partial charge on any atom is 0.252 e. The molecule has 0 unspecified atom stereocenters. The minimum absolute atomic E-state index is 0.0212. The summed E-state index contributed by atoms with van der Waals surface area (Å²) in [5, 5.41) is 11.4. The number of nitrogens with one attached hydrogen (secondary N) is 1. The molecule has 0 saturated carbocycles. The molecule has 0 radical (unpaired) electrons. The molecular formula is C13H12F2N2O2. The Hall–Kier alpha value is -2.08. The van der Waals surface area contributed by atoms with Gasteiger partial charge in [0.25, 0.3) is 5.91 Å². The van der Waals surface area contributed by atoms with E-state index in [-0.39, 0.29) is 23.1 Å². The Kier molecular flexibility index (Phi) is 4.01. The van der Waals surface area contributed by atoms with Crippen LogP contribution >= 0.6 is 0 Å². The summed E-state index contributed by atoms with van der Waals surface area (Å²) in [7, 11) is 0. The van der Waals surface area contributed by atoms with E-state index in [0.717, 1.165) is 12.1 Å². The summed E-state index contributed by atoms with van der Waals surface area (Å²) in [6.07, 6.45) is 1.67. The SMILES string of the molecule is O=C(NCCCO)c1cnc2c(F)cc(F)cc2c1. The lowest BCUT2D eigenvalue weighted by molar-refractivity contribution is 0.0951. The topological polar surface area (TPSA) is 62.2 Å². The van der Waals surface area contributed by atoms with E-state index in [9.17, 15) is 13.6 Å². The molecule has 0 saturated heterocycles. The number of nitrogens with zero attached hydrogens (tertiary/aromatic N) is 1. The highest BCUT2D eigenvalue weighted by atomic mass is 19.1. The van der Waals surface area contributed by atoms with Crippen molar-refractivity contribution in [2.75, 3.05) is 13.2 Å². The first-order valence-electron chi connectivity index (χ1n) is 5.75. The molecule has 0 aliphatic heterocycles. The smallest absolute Gasteiger partial charge is 0.252 e. The van der Waals surface area contributed by atoms with E-state index in [1.54, 1.807) is 0 Å². The predicted octanol–water partition coefficient (Wildman–Crippen LogP) is 1.63. The van der Waals surface area contributed by atoms with Crippen molar-refractivity contribution in [3.8, 4) is 0 Å². The molecule has 6 heteroatoms. The molecule has 1 aromatic carbocycles. The van der Waals surface area contributed by atoms with Gasteiger partial charge in [0.05, 0.1) is 5.56 Å². The molecule has 1 aromatic heterocycles. The van der Waals surface area contributed by atoms with Crippen molar-refractivity contribution in [3.05, 3.63) is 41.6 Å². The molecular weight excluding hydrogens is 254 g/mol. The number of pyridine rings is 1. The number of aromatic nitrogens is 1. The van der Waals surface area contributed by atoms with Crippen LogP contribution in [0.25, 0.3) is 10.9 Å². The second-order valence-electron chi connectivity index (χ2n) is 4.02. The molecule has 0 aliphatic rings. The van der Waals surface area contributed by atoms with Gasteiger partial charge in [-0.25, -0.2) is 8.78 Å². The molecule has 100 valence electrons. The van der Waals surface area contributed by atoms with Crippen molar-refractivity contribution in [2.45, 2.75) is 6.42 Å². The van der Waals surface area contributed by atoms with Crippen molar-refractivity contribution in [2.24, 2.45) is 0 Å². The third-order valence-electron chi connectivity index (χ3n) is 2.58. The van der Waals surface area contributed by atoms with E-state index in [4.69, 9.17) is 5.11 Å². The number of halogens is 2. The molecule has 0 aliphatic carbocycles. The van der Waals surface area contributed by atoms with Crippen LogP contribution in [0.2, 0.25) is 0 Å². The Morgan fingerprint density at radius 2 is 2.11 bits per heavy atom. The van der Waals surface area contributed by atoms with E-state index in [0.29, 0.717) is 13.0 Å². The molecule has 19 heavy (non-hydrogen) atoms. The molecule has 4 nitrogen and oxygen atoms in total. The second-order valence-corrected chi connectivity index (χ2v) is 4.02. The highest BCUT2D eigenvalue weighted by Crippen LogP contribution is 2.18. The van der Waals surface area contributed by atoms with Crippen molar-refractivity contribution in [1.29, 1.82) is 0 Å². The molecule has 0 fully saturated rings. The highest BCUT2D eigenvalue weighted by Gasteiger charge is 2.10. The zero-order chi connectivity index (χ0) is 13.8. The summed E-state index contributed by atoms with van der Waals surface area (Å²) in [6.45, 7) is 0.303. The van der Waals surface area contributed by atoms with E-state index >= 15 is 0 Å². The van der Waals surface area contributed by atoms with Crippen molar-refractivity contribution < 1.29 is 18.7 Å². The van der Waals surface area contributed by atoms with Crippen LogP contribution in [0.15, 0.2) is 24.4 Å². The average Bonchev–Trinajstić information content (AvgIpc) is 2.38. The molecule has 2 N–H and O–H groups in total. The Labute approximate surface area is 108 Å². The fraction of sp³-hybridized carbons (Fsp3) is 0.231. The van der Waals surface area contributed by atoms with Crippen LogP contribution < -0.4 is 5.32 Å². The van der Waals surface area contributed by atoms with E-state index in [1.165, 1.54) is 12.3 Å². The van der Waals surface area contributed by atoms with Gasteiger partial charge in [0.15, 0.2) is 5.82 Å². The van der Waals surface area contributed by atoms with Gasteiger partial charge in [0.1, 0.15) is 11.3 Å². The summed E-state index contributed by atoms with van der Waals surface area (Å²) in [5.41, 5.74) is 0.240. The molecule has 0 bridgehead atoms. The van der Waals surface area contributed by atoms with Gasteiger partial charge in [0.2, 0.25) is 0 Å². The summed E-state index contributed by atoms with van der Waals surface area (Å²) < 4.78 is 26.5. The van der Waals surface area contributed by atoms with Gasteiger partial charge >= 0.3 is 0 Å². The van der Waals surface area contributed by atoms with Crippen LogP contribution in [-0.4, -0.2) is 29.1 Å². The fourth-order valence-corrected chi connectivity index (χ4v) is 1.68. The monoisotopic (exact) mass is 266 g/mol. The number of amides is 1. The zero-order valence-electron chi connectivity index (χ0n) is 9.99. The quantitative estimate of drug-likeness (QED) is 0.827. The Morgan fingerprint density at radius 3 is 2.84 bits per heavy atom. The number of hydrogen-bond acceptors (Lipinski definition) is 3. The lowest BCUT2D eigenvalue weighted by Crippen LogP contribution is -2.25. The van der Waals surface area contributed by atoms with E-state index < -0.39 is 17.5 Å². The van der Waals surface area contributed by atoms with Gasteiger partial charge in [-0.3, -0.25) is 9.78 Å². The molecule has 1 heterocycles. The summed E-state index contributed by atoms with van der Waals surface area (Å²) in [5.74, 6) is -1.88. The number of aliphatic hydroxyl groups excluding tert-OH is 1. The van der Waals surface area contributed by atoms with Crippen LogP contribution in [-0.2, 0) is 0 Å². The molecule has 0 atom stereocenters. The molecule has 0 spiro atoms. The van der Waals surface area contributed by atoms with Gasteiger partial charge in [-0.15, -0.1) is 0 Å².